The van der Waals surface area contributed by atoms with Gasteiger partial charge in [-0.2, -0.15) is 5.10 Å². The normalized spacial score (nSPS) is 11.1. The smallest absolute Gasteiger partial charge is 0.0534 e. The number of nitrogens with one attached hydrogen (secondary N) is 1. The van der Waals surface area contributed by atoms with Crippen molar-refractivity contribution in [2.45, 2.75) is 19.9 Å². The van der Waals surface area contributed by atoms with Gasteiger partial charge in [-0.15, -0.1) is 0 Å². The first-order valence-corrected chi connectivity index (χ1v) is 6.15. The van der Waals surface area contributed by atoms with Crippen LogP contribution in [0.1, 0.15) is 18.9 Å². The van der Waals surface area contributed by atoms with E-state index in [1.807, 2.05) is 17.9 Å². The van der Waals surface area contributed by atoms with Crippen molar-refractivity contribution < 1.29 is 0 Å². The van der Waals surface area contributed by atoms with E-state index in [0.29, 0.717) is 0 Å². The van der Waals surface area contributed by atoms with Gasteiger partial charge in [-0.05, 0) is 25.6 Å². The van der Waals surface area contributed by atoms with Crippen LogP contribution in [0.25, 0.3) is 0 Å². The van der Waals surface area contributed by atoms with Crippen LogP contribution in [-0.4, -0.2) is 41.4 Å². The van der Waals surface area contributed by atoms with Crippen LogP contribution in [0.3, 0.4) is 0 Å². The van der Waals surface area contributed by atoms with E-state index in [1.165, 1.54) is 17.6 Å². The van der Waals surface area contributed by atoms with Gasteiger partial charge in [-0.3, -0.25) is 9.58 Å². The Kier molecular flexibility index (Phi) is 5.94. The first-order valence-electron chi connectivity index (χ1n) is 6.15. The number of rotatable bonds is 8. The van der Waals surface area contributed by atoms with Crippen LogP contribution in [0.15, 0.2) is 24.5 Å². The lowest BCUT2D eigenvalue weighted by Gasteiger charge is -2.17. The van der Waals surface area contributed by atoms with Crippen LogP contribution in [-0.2, 0) is 13.6 Å². The highest BCUT2D eigenvalue weighted by Gasteiger charge is 2.03. The highest BCUT2D eigenvalue weighted by atomic mass is 15.2. The second-order valence-electron chi connectivity index (χ2n) is 4.62. The monoisotopic (exact) mass is 236 g/mol. The first-order chi connectivity index (χ1) is 8.11. The molecule has 96 valence electrons. The summed E-state index contributed by atoms with van der Waals surface area (Å²) in [5, 5.41) is 7.53. The van der Waals surface area contributed by atoms with Crippen molar-refractivity contribution in [2.75, 3.05) is 26.7 Å². The van der Waals surface area contributed by atoms with Gasteiger partial charge in [0.25, 0.3) is 0 Å². The molecule has 0 atom stereocenters. The fourth-order valence-electron chi connectivity index (χ4n) is 1.80. The molecule has 0 saturated carbocycles. The predicted molar refractivity (Wildman–Crippen MR) is 71.8 cm³/mol. The maximum Gasteiger partial charge on any atom is 0.0534 e. The topological polar surface area (TPSA) is 33.1 Å². The fraction of sp³-hybridized carbons (Fsp3) is 0.615. The van der Waals surface area contributed by atoms with E-state index < -0.39 is 0 Å². The highest BCUT2D eigenvalue weighted by Crippen LogP contribution is 2.03. The molecule has 1 rings (SSSR count). The SMILES string of the molecule is C=C(CNCCC)CN(C)Cc1cnn(C)c1. The Bertz CT molecular complexity index is 343. The van der Waals surface area contributed by atoms with E-state index in [4.69, 9.17) is 0 Å². The summed E-state index contributed by atoms with van der Waals surface area (Å²) in [6, 6.07) is 0. The minimum absolute atomic E-state index is 0.908. The molecular formula is C13H24N4. The van der Waals surface area contributed by atoms with Crippen LogP contribution in [0.2, 0.25) is 0 Å². The summed E-state index contributed by atoms with van der Waals surface area (Å²) in [6.07, 6.45) is 5.13. The molecule has 4 nitrogen and oxygen atoms in total. The fourth-order valence-corrected chi connectivity index (χ4v) is 1.80. The first kappa shape index (κ1) is 13.9. The summed E-state index contributed by atoms with van der Waals surface area (Å²) in [7, 11) is 4.05. The molecule has 0 aromatic carbocycles. The Balaban J connectivity index is 2.24. The van der Waals surface area contributed by atoms with Gasteiger partial charge < -0.3 is 5.32 Å². The quantitative estimate of drug-likeness (QED) is 0.547. The molecule has 0 amide bonds. The number of hydrogen-bond donors (Lipinski definition) is 1. The second kappa shape index (κ2) is 7.25. The van der Waals surface area contributed by atoms with Gasteiger partial charge in [0.05, 0.1) is 6.20 Å². The molecule has 1 N–H and O–H groups in total. The zero-order chi connectivity index (χ0) is 12.7. The number of likely N-dealkylation sites (N-methyl/N-ethyl adjacent to an activating group) is 1. The molecule has 0 saturated heterocycles. The third-order valence-corrected chi connectivity index (χ3v) is 2.51. The van der Waals surface area contributed by atoms with Crippen molar-refractivity contribution in [1.29, 1.82) is 0 Å². The molecule has 1 heterocycles. The largest absolute Gasteiger partial charge is 0.313 e. The Labute approximate surface area is 104 Å². The lowest BCUT2D eigenvalue weighted by atomic mass is 10.2. The van der Waals surface area contributed by atoms with Crippen LogP contribution >= 0.6 is 0 Å². The maximum atomic E-state index is 4.16. The molecule has 0 unspecified atom stereocenters. The molecule has 0 aliphatic rings. The van der Waals surface area contributed by atoms with Crippen molar-refractivity contribution in [3.05, 3.63) is 30.1 Å². The van der Waals surface area contributed by atoms with E-state index in [-0.39, 0.29) is 0 Å². The number of hydrogen-bond acceptors (Lipinski definition) is 3. The molecule has 4 heteroatoms. The minimum atomic E-state index is 0.908. The molecule has 0 fully saturated rings. The van der Waals surface area contributed by atoms with Crippen molar-refractivity contribution >= 4 is 0 Å². The molecule has 1 aromatic heterocycles. The van der Waals surface area contributed by atoms with E-state index in [0.717, 1.165) is 26.2 Å². The molecular weight excluding hydrogens is 212 g/mol. The van der Waals surface area contributed by atoms with E-state index in [9.17, 15) is 0 Å². The van der Waals surface area contributed by atoms with Gasteiger partial charge in [0.15, 0.2) is 0 Å². The average Bonchev–Trinajstić information content (AvgIpc) is 2.64. The molecule has 0 aliphatic heterocycles. The van der Waals surface area contributed by atoms with E-state index in [1.54, 1.807) is 0 Å². The third kappa shape index (κ3) is 5.65. The van der Waals surface area contributed by atoms with Gasteiger partial charge >= 0.3 is 0 Å². The van der Waals surface area contributed by atoms with Gasteiger partial charge in [0.1, 0.15) is 0 Å². The van der Waals surface area contributed by atoms with Gasteiger partial charge in [0, 0.05) is 38.4 Å². The lowest BCUT2D eigenvalue weighted by molar-refractivity contribution is 0.352. The Morgan fingerprint density at radius 1 is 1.59 bits per heavy atom. The summed E-state index contributed by atoms with van der Waals surface area (Å²) in [5.74, 6) is 0. The summed E-state index contributed by atoms with van der Waals surface area (Å²) in [5.41, 5.74) is 2.47. The van der Waals surface area contributed by atoms with E-state index >= 15 is 0 Å². The number of aryl methyl sites for hydroxylation is 1. The van der Waals surface area contributed by atoms with Crippen LogP contribution < -0.4 is 5.32 Å². The average molecular weight is 236 g/mol. The van der Waals surface area contributed by atoms with Crippen LogP contribution in [0, 0.1) is 0 Å². The van der Waals surface area contributed by atoms with Gasteiger partial charge in [0.2, 0.25) is 0 Å². The van der Waals surface area contributed by atoms with Crippen molar-refractivity contribution in [2.24, 2.45) is 7.05 Å². The second-order valence-corrected chi connectivity index (χ2v) is 4.62. The molecule has 1 aromatic rings. The third-order valence-electron chi connectivity index (χ3n) is 2.51. The molecule has 0 bridgehead atoms. The minimum Gasteiger partial charge on any atom is -0.313 e. The highest BCUT2D eigenvalue weighted by molar-refractivity contribution is 5.05. The number of aromatic nitrogens is 2. The van der Waals surface area contributed by atoms with Crippen molar-refractivity contribution in [3.8, 4) is 0 Å². The summed E-state index contributed by atoms with van der Waals surface area (Å²) in [6.45, 7) is 10.1. The summed E-state index contributed by atoms with van der Waals surface area (Å²) < 4.78 is 1.83. The lowest BCUT2D eigenvalue weighted by Crippen LogP contribution is -2.26. The standard InChI is InChI=1S/C13H24N4/c1-5-6-14-7-12(2)9-16(3)10-13-8-15-17(4)11-13/h8,11,14H,2,5-7,9-10H2,1,3-4H3. The van der Waals surface area contributed by atoms with E-state index in [2.05, 4.69) is 42.1 Å². The Hall–Kier alpha value is -1.13. The zero-order valence-electron chi connectivity index (χ0n) is 11.2. The maximum absolute atomic E-state index is 4.16. The Morgan fingerprint density at radius 2 is 2.35 bits per heavy atom. The van der Waals surface area contributed by atoms with Gasteiger partial charge in [-0.1, -0.05) is 13.5 Å². The van der Waals surface area contributed by atoms with Gasteiger partial charge in [-0.25, -0.2) is 0 Å². The summed E-state index contributed by atoms with van der Waals surface area (Å²) >= 11 is 0. The molecule has 0 radical (unpaired) electrons. The summed E-state index contributed by atoms with van der Waals surface area (Å²) in [4.78, 5) is 2.26. The van der Waals surface area contributed by atoms with Crippen LogP contribution in [0.4, 0.5) is 0 Å². The Morgan fingerprint density at radius 3 is 2.94 bits per heavy atom. The van der Waals surface area contributed by atoms with Crippen LogP contribution in [0.5, 0.6) is 0 Å². The number of nitrogens with zero attached hydrogens (tertiary/aromatic N) is 3. The van der Waals surface area contributed by atoms with Crippen molar-refractivity contribution in [1.82, 2.24) is 20.0 Å². The van der Waals surface area contributed by atoms with Crippen molar-refractivity contribution in [3.63, 3.8) is 0 Å². The molecule has 0 aliphatic carbocycles. The molecule has 0 spiro atoms. The molecule has 17 heavy (non-hydrogen) atoms. The predicted octanol–water partition coefficient (Wildman–Crippen LogP) is 1.41. The zero-order valence-corrected chi connectivity index (χ0v) is 11.2.